The number of nitrogens with zero attached hydrogens (tertiary/aromatic N) is 2. The van der Waals surface area contributed by atoms with Crippen molar-refractivity contribution < 1.29 is 21.6 Å². The average Bonchev–Trinajstić information content (AvgIpc) is 2.61. The van der Waals surface area contributed by atoms with E-state index in [1.54, 1.807) is 36.4 Å². The third-order valence-corrected chi connectivity index (χ3v) is 4.46. The smallest absolute Gasteiger partial charge is 0.221 e. The van der Waals surface area contributed by atoms with Crippen molar-refractivity contribution in [2.24, 2.45) is 0 Å². The molecule has 0 saturated carbocycles. The van der Waals surface area contributed by atoms with Crippen LogP contribution in [0.4, 0.5) is 13.2 Å². The van der Waals surface area contributed by atoms with Crippen molar-refractivity contribution in [3.8, 4) is 22.5 Å². The number of hydrogen-bond donors (Lipinski definition) is 0. The largest absolute Gasteiger partial charge is 0.416 e. The summed E-state index contributed by atoms with van der Waals surface area (Å²) in [4.78, 5) is 8.09. The third kappa shape index (κ3) is 3.91. The summed E-state index contributed by atoms with van der Waals surface area (Å²) in [5.41, 5.74) is 0.848. The molecule has 0 aliphatic carbocycles. The molecule has 0 aliphatic heterocycles. The van der Waals surface area contributed by atoms with Crippen molar-refractivity contribution in [3.63, 3.8) is 0 Å². The summed E-state index contributed by atoms with van der Waals surface area (Å²) >= 11 is 0. The summed E-state index contributed by atoms with van der Waals surface area (Å²) < 4.78 is 62.0. The minimum absolute atomic E-state index is 0.230. The van der Waals surface area contributed by atoms with E-state index >= 15 is 0 Å². The van der Waals surface area contributed by atoms with E-state index in [2.05, 4.69) is 9.97 Å². The quantitative estimate of drug-likeness (QED) is 0.640. The molecule has 0 amide bonds. The van der Waals surface area contributed by atoms with E-state index < -0.39 is 21.6 Å². The molecule has 0 radical (unpaired) electrons. The van der Waals surface area contributed by atoms with Gasteiger partial charge in [-0.25, -0.2) is 18.4 Å². The lowest BCUT2D eigenvalue weighted by atomic mass is 10.1. The Morgan fingerprint density at radius 1 is 0.808 bits per heavy atom. The molecule has 2 aromatic carbocycles. The van der Waals surface area contributed by atoms with Crippen LogP contribution < -0.4 is 0 Å². The second kappa shape index (κ2) is 6.53. The van der Waals surface area contributed by atoms with Gasteiger partial charge in [-0.1, -0.05) is 42.5 Å². The van der Waals surface area contributed by atoms with Crippen molar-refractivity contribution >= 4 is 9.84 Å². The van der Waals surface area contributed by atoms with Gasteiger partial charge in [0.15, 0.2) is 0 Å². The molecule has 0 spiro atoms. The molecule has 0 fully saturated rings. The molecule has 3 aromatic rings. The Hall–Kier alpha value is -2.74. The van der Waals surface area contributed by atoms with Gasteiger partial charge in [-0.3, -0.25) is 0 Å². The van der Waals surface area contributed by atoms with Gasteiger partial charge in [-0.15, -0.1) is 0 Å². The first-order valence-electron chi connectivity index (χ1n) is 7.47. The zero-order chi connectivity index (χ0) is 18.9. The molecule has 0 unspecified atom stereocenters. The molecule has 1 aromatic heterocycles. The highest BCUT2D eigenvalue weighted by atomic mass is 32.2. The molecule has 134 valence electrons. The van der Waals surface area contributed by atoms with Crippen LogP contribution in [0.3, 0.4) is 0 Å². The molecule has 0 bridgehead atoms. The van der Waals surface area contributed by atoms with Crippen LogP contribution in [-0.4, -0.2) is 24.6 Å². The van der Waals surface area contributed by atoms with Gasteiger partial charge in [-0.05, 0) is 18.2 Å². The van der Waals surface area contributed by atoms with Gasteiger partial charge in [-0.2, -0.15) is 13.2 Å². The second-order valence-electron chi connectivity index (χ2n) is 5.63. The lowest BCUT2D eigenvalue weighted by molar-refractivity contribution is -0.137. The van der Waals surface area contributed by atoms with E-state index in [9.17, 15) is 21.6 Å². The van der Waals surface area contributed by atoms with Crippen molar-refractivity contribution in [2.75, 3.05) is 6.26 Å². The fourth-order valence-electron chi connectivity index (χ4n) is 2.33. The molecular formula is C18H13F3N2O2S. The predicted octanol–water partition coefficient (Wildman–Crippen LogP) is 4.23. The summed E-state index contributed by atoms with van der Waals surface area (Å²) in [7, 11) is -3.70. The predicted molar refractivity (Wildman–Crippen MR) is 91.0 cm³/mol. The molecule has 4 nitrogen and oxygen atoms in total. The maximum absolute atomic E-state index is 12.7. The number of benzene rings is 2. The lowest BCUT2D eigenvalue weighted by Crippen LogP contribution is -2.07. The number of alkyl halides is 3. The monoisotopic (exact) mass is 378 g/mol. The molecule has 1 heterocycles. The topological polar surface area (TPSA) is 59.9 Å². The number of halogens is 3. The molecule has 0 atom stereocenters. The Kier molecular flexibility index (Phi) is 4.53. The highest BCUT2D eigenvalue weighted by Gasteiger charge is 2.30. The van der Waals surface area contributed by atoms with Gasteiger partial charge in [0.1, 0.15) is 0 Å². The SMILES string of the molecule is CS(=O)(=O)c1nc(-c2ccccc2)cc(-c2ccc(C(F)(F)F)cc2)n1. The molecule has 0 saturated heterocycles. The normalized spacial score (nSPS) is 12.2. The number of hydrogen-bond acceptors (Lipinski definition) is 4. The first kappa shape index (κ1) is 18.1. The summed E-state index contributed by atoms with van der Waals surface area (Å²) in [5, 5.41) is -0.381. The standard InChI is InChI=1S/C18H13F3N2O2S/c1-26(24,25)17-22-15(12-5-3-2-4-6-12)11-16(23-17)13-7-9-14(10-8-13)18(19,20)21/h2-11H,1H3. The zero-order valence-electron chi connectivity index (χ0n) is 13.5. The fraction of sp³-hybridized carbons (Fsp3) is 0.111. The molecule has 8 heteroatoms. The van der Waals surface area contributed by atoms with E-state index in [4.69, 9.17) is 0 Å². The molecule has 26 heavy (non-hydrogen) atoms. The van der Waals surface area contributed by atoms with E-state index in [0.717, 1.165) is 18.4 Å². The van der Waals surface area contributed by atoms with Gasteiger partial charge >= 0.3 is 6.18 Å². The third-order valence-electron chi connectivity index (χ3n) is 3.61. The van der Waals surface area contributed by atoms with Crippen molar-refractivity contribution in [1.82, 2.24) is 9.97 Å². The van der Waals surface area contributed by atoms with Crippen molar-refractivity contribution in [3.05, 3.63) is 66.2 Å². The summed E-state index contributed by atoms with van der Waals surface area (Å²) in [6.45, 7) is 0. The van der Waals surface area contributed by atoms with E-state index in [-0.39, 0.29) is 10.9 Å². The van der Waals surface area contributed by atoms with Crippen LogP contribution >= 0.6 is 0 Å². The first-order chi connectivity index (χ1) is 12.1. The molecule has 3 rings (SSSR count). The lowest BCUT2D eigenvalue weighted by Gasteiger charge is -2.10. The van der Waals surface area contributed by atoms with Crippen LogP contribution in [0.2, 0.25) is 0 Å². The number of rotatable bonds is 3. The first-order valence-corrected chi connectivity index (χ1v) is 9.36. The Bertz CT molecular complexity index is 1030. The molecular weight excluding hydrogens is 365 g/mol. The van der Waals surface area contributed by atoms with E-state index in [1.165, 1.54) is 12.1 Å². The van der Waals surface area contributed by atoms with Gasteiger partial charge in [0, 0.05) is 17.4 Å². The van der Waals surface area contributed by atoms with Gasteiger partial charge in [0.25, 0.3) is 0 Å². The Labute approximate surface area is 148 Å². The summed E-state index contributed by atoms with van der Waals surface area (Å²) in [6.07, 6.45) is -3.47. The highest BCUT2D eigenvalue weighted by molar-refractivity contribution is 7.90. The summed E-state index contributed by atoms with van der Waals surface area (Å²) in [5.74, 6) is 0. The highest BCUT2D eigenvalue weighted by Crippen LogP contribution is 2.31. The van der Waals surface area contributed by atoms with E-state index in [0.29, 0.717) is 16.8 Å². The maximum atomic E-state index is 12.7. The van der Waals surface area contributed by atoms with Gasteiger partial charge < -0.3 is 0 Å². The Morgan fingerprint density at radius 2 is 1.31 bits per heavy atom. The Morgan fingerprint density at radius 3 is 1.77 bits per heavy atom. The maximum Gasteiger partial charge on any atom is 0.416 e. The van der Waals surface area contributed by atoms with Crippen LogP contribution in [0, 0.1) is 0 Å². The minimum atomic E-state index is -4.45. The zero-order valence-corrected chi connectivity index (χ0v) is 14.3. The number of sulfone groups is 1. The number of aromatic nitrogens is 2. The van der Waals surface area contributed by atoms with E-state index in [1.807, 2.05) is 0 Å². The van der Waals surface area contributed by atoms with Crippen LogP contribution in [0.5, 0.6) is 0 Å². The Balaban J connectivity index is 2.15. The van der Waals surface area contributed by atoms with Crippen molar-refractivity contribution in [2.45, 2.75) is 11.3 Å². The fourth-order valence-corrected chi connectivity index (χ4v) is 2.85. The van der Waals surface area contributed by atoms with Gasteiger partial charge in [0.2, 0.25) is 15.0 Å². The van der Waals surface area contributed by atoms with Crippen LogP contribution in [0.15, 0.2) is 65.8 Å². The van der Waals surface area contributed by atoms with Crippen LogP contribution in [0.25, 0.3) is 22.5 Å². The second-order valence-corrected chi connectivity index (χ2v) is 7.54. The van der Waals surface area contributed by atoms with Crippen LogP contribution in [-0.2, 0) is 16.0 Å². The molecule has 0 aliphatic rings. The van der Waals surface area contributed by atoms with Crippen LogP contribution in [0.1, 0.15) is 5.56 Å². The molecule has 0 N–H and O–H groups in total. The van der Waals surface area contributed by atoms with Gasteiger partial charge in [0.05, 0.1) is 17.0 Å². The average molecular weight is 378 g/mol. The summed E-state index contributed by atoms with van der Waals surface area (Å²) in [6, 6.07) is 14.8. The minimum Gasteiger partial charge on any atom is -0.221 e. The van der Waals surface area contributed by atoms with Crippen molar-refractivity contribution in [1.29, 1.82) is 0 Å².